The van der Waals surface area contributed by atoms with Crippen LogP contribution >= 0.6 is 0 Å². The number of benzene rings is 1. The molecule has 0 unspecified atom stereocenters. The molecule has 0 heterocycles. The first kappa shape index (κ1) is 12.8. The third-order valence-corrected chi connectivity index (χ3v) is 2.49. The van der Waals surface area contributed by atoms with Crippen molar-refractivity contribution >= 4 is 17.3 Å². The quantitative estimate of drug-likeness (QED) is 0.755. The Morgan fingerprint density at radius 1 is 1.59 bits per heavy atom. The zero-order valence-electron chi connectivity index (χ0n) is 9.68. The van der Waals surface area contributed by atoms with Gasteiger partial charge in [-0.05, 0) is 25.1 Å². The van der Waals surface area contributed by atoms with Gasteiger partial charge in [0.1, 0.15) is 0 Å². The van der Waals surface area contributed by atoms with E-state index in [0.717, 1.165) is 0 Å². The summed E-state index contributed by atoms with van der Waals surface area (Å²) in [5, 5.41) is 17.5. The lowest BCUT2D eigenvalue weighted by Crippen LogP contribution is -2.25. The fourth-order valence-corrected chi connectivity index (χ4v) is 1.58. The Kier molecular flexibility index (Phi) is 4.35. The summed E-state index contributed by atoms with van der Waals surface area (Å²) in [4.78, 5) is 12.8. The first-order valence-corrected chi connectivity index (χ1v) is 5.34. The number of carboxylic acids is 1. The molecule has 0 aliphatic carbocycles. The number of nitrogens with two attached hydrogens (primary N) is 1. The zero-order valence-corrected chi connectivity index (χ0v) is 9.68. The van der Waals surface area contributed by atoms with Gasteiger partial charge in [0.15, 0.2) is 0 Å². The molecule has 0 atom stereocenters. The van der Waals surface area contributed by atoms with Crippen LogP contribution in [0.2, 0.25) is 0 Å². The Labute approximate surface area is 100 Å². The summed E-state index contributed by atoms with van der Waals surface area (Å²) in [6.45, 7) is 3.15. The molecule has 0 spiro atoms. The summed E-state index contributed by atoms with van der Waals surface area (Å²) < 4.78 is 0. The lowest BCUT2D eigenvalue weighted by molar-refractivity contribution is 0.0697. The van der Waals surface area contributed by atoms with Crippen molar-refractivity contribution in [2.75, 3.05) is 23.7 Å². The SMILES string of the molecule is CCN(CCC#N)c1cc(C(=O)O)ccc1N. The Hall–Kier alpha value is -2.22. The van der Waals surface area contributed by atoms with Crippen molar-refractivity contribution in [3.63, 3.8) is 0 Å². The van der Waals surface area contributed by atoms with Crippen molar-refractivity contribution < 1.29 is 9.90 Å². The van der Waals surface area contributed by atoms with E-state index in [4.69, 9.17) is 16.1 Å². The summed E-state index contributed by atoms with van der Waals surface area (Å²) in [5.74, 6) is -0.984. The largest absolute Gasteiger partial charge is 0.478 e. The number of nitrogen functional groups attached to an aromatic ring is 1. The number of nitriles is 1. The number of rotatable bonds is 5. The topological polar surface area (TPSA) is 90.3 Å². The van der Waals surface area contributed by atoms with E-state index < -0.39 is 5.97 Å². The van der Waals surface area contributed by atoms with Crippen LogP contribution in [0, 0.1) is 11.3 Å². The summed E-state index contributed by atoms with van der Waals surface area (Å²) in [5.41, 5.74) is 7.21. The van der Waals surface area contributed by atoms with Gasteiger partial charge >= 0.3 is 5.97 Å². The van der Waals surface area contributed by atoms with Crippen LogP contribution in [0.15, 0.2) is 18.2 Å². The molecular formula is C12H15N3O2. The maximum atomic E-state index is 10.9. The molecule has 0 fully saturated rings. The van der Waals surface area contributed by atoms with Gasteiger partial charge in [-0.15, -0.1) is 0 Å². The van der Waals surface area contributed by atoms with Gasteiger partial charge in [0.2, 0.25) is 0 Å². The summed E-state index contributed by atoms with van der Waals surface area (Å²) in [7, 11) is 0. The van der Waals surface area contributed by atoms with E-state index in [9.17, 15) is 4.79 Å². The third-order valence-electron chi connectivity index (χ3n) is 2.49. The molecule has 1 rings (SSSR count). The van der Waals surface area contributed by atoms with Crippen LogP contribution < -0.4 is 10.6 Å². The Bertz CT molecular complexity index is 452. The first-order chi connectivity index (χ1) is 8.10. The third kappa shape index (κ3) is 3.11. The molecule has 5 heteroatoms. The van der Waals surface area contributed by atoms with Crippen molar-refractivity contribution in [3.05, 3.63) is 23.8 Å². The van der Waals surface area contributed by atoms with Crippen molar-refractivity contribution in [3.8, 4) is 6.07 Å². The van der Waals surface area contributed by atoms with Gasteiger partial charge in [-0.25, -0.2) is 4.79 Å². The Morgan fingerprint density at radius 3 is 2.82 bits per heavy atom. The van der Waals surface area contributed by atoms with Gasteiger partial charge in [-0.2, -0.15) is 5.26 Å². The Balaban J connectivity index is 3.05. The fraction of sp³-hybridized carbons (Fsp3) is 0.333. The fourth-order valence-electron chi connectivity index (χ4n) is 1.58. The van der Waals surface area contributed by atoms with Crippen LogP contribution in [0.25, 0.3) is 0 Å². The molecule has 1 aromatic carbocycles. The van der Waals surface area contributed by atoms with Gasteiger partial charge < -0.3 is 15.7 Å². The van der Waals surface area contributed by atoms with E-state index in [1.807, 2.05) is 11.8 Å². The lowest BCUT2D eigenvalue weighted by atomic mass is 10.1. The highest BCUT2D eigenvalue weighted by atomic mass is 16.4. The normalized spacial score (nSPS) is 9.65. The molecule has 0 saturated heterocycles. The Morgan fingerprint density at radius 2 is 2.29 bits per heavy atom. The average molecular weight is 233 g/mol. The molecule has 0 amide bonds. The van der Waals surface area contributed by atoms with E-state index in [1.54, 1.807) is 12.1 Å². The smallest absolute Gasteiger partial charge is 0.335 e. The number of aromatic carboxylic acids is 1. The monoisotopic (exact) mass is 233 g/mol. The van der Waals surface area contributed by atoms with Crippen LogP contribution in [-0.4, -0.2) is 24.2 Å². The molecule has 3 N–H and O–H groups in total. The van der Waals surface area contributed by atoms with Gasteiger partial charge in [-0.3, -0.25) is 0 Å². The predicted molar refractivity (Wildman–Crippen MR) is 65.9 cm³/mol. The molecule has 1 aromatic rings. The van der Waals surface area contributed by atoms with E-state index in [-0.39, 0.29) is 5.56 Å². The van der Waals surface area contributed by atoms with Crippen LogP contribution in [0.3, 0.4) is 0 Å². The maximum Gasteiger partial charge on any atom is 0.335 e. The molecular weight excluding hydrogens is 218 g/mol. The van der Waals surface area contributed by atoms with Gasteiger partial charge in [0.25, 0.3) is 0 Å². The van der Waals surface area contributed by atoms with E-state index in [2.05, 4.69) is 6.07 Å². The summed E-state index contributed by atoms with van der Waals surface area (Å²) in [6, 6.07) is 6.65. The number of carbonyl (C=O) groups is 1. The van der Waals surface area contributed by atoms with Gasteiger partial charge in [0, 0.05) is 13.1 Å². The van der Waals surface area contributed by atoms with Crippen LogP contribution in [0.5, 0.6) is 0 Å². The average Bonchev–Trinajstić information content (AvgIpc) is 2.31. The highest BCUT2D eigenvalue weighted by Gasteiger charge is 2.11. The number of carboxylic acid groups (broad SMARTS) is 1. The van der Waals surface area contributed by atoms with Crippen molar-refractivity contribution in [2.45, 2.75) is 13.3 Å². The number of hydrogen-bond donors (Lipinski definition) is 2. The van der Waals surface area contributed by atoms with Gasteiger partial charge in [-0.1, -0.05) is 0 Å². The number of anilines is 2. The zero-order chi connectivity index (χ0) is 12.8. The second-order valence-electron chi connectivity index (χ2n) is 3.57. The molecule has 5 nitrogen and oxygen atoms in total. The highest BCUT2D eigenvalue weighted by Crippen LogP contribution is 2.24. The highest BCUT2D eigenvalue weighted by molar-refractivity contribution is 5.90. The van der Waals surface area contributed by atoms with E-state index in [0.29, 0.717) is 30.9 Å². The van der Waals surface area contributed by atoms with E-state index in [1.165, 1.54) is 6.07 Å². The second-order valence-corrected chi connectivity index (χ2v) is 3.57. The minimum atomic E-state index is -0.984. The summed E-state index contributed by atoms with van der Waals surface area (Å²) >= 11 is 0. The molecule has 0 radical (unpaired) electrons. The maximum absolute atomic E-state index is 10.9. The molecule has 0 saturated carbocycles. The molecule has 0 aromatic heterocycles. The molecule has 0 aliphatic rings. The number of hydrogen-bond acceptors (Lipinski definition) is 4. The molecule has 0 aliphatic heterocycles. The van der Waals surface area contributed by atoms with Crippen molar-refractivity contribution in [2.24, 2.45) is 0 Å². The lowest BCUT2D eigenvalue weighted by Gasteiger charge is -2.23. The minimum absolute atomic E-state index is 0.199. The van der Waals surface area contributed by atoms with Crippen molar-refractivity contribution in [1.82, 2.24) is 0 Å². The van der Waals surface area contributed by atoms with Crippen LogP contribution in [0.4, 0.5) is 11.4 Å². The minimum Gasteiger partial charge on any atom is -0.478 e. The van der Waals surface area contributed by atoms with E-state index >= 15 is 0 Å². The first-order valence-electron chi connectivity index (χ1n) is 5.34. The number of nitrogens with zero attached hydrogens (tertiary/aromatic N) is 2. The van der Waals surface area contributed by atoms with Crippen molar-refractivity contribution in [1.29, 1.82) is 5.26 Å². The van der Waals surface area contributed by atoms with Crippen LogP contribution in [-0.2, 0) is 0 Å². The second kappa shape index (κ2) is 5.75. The molecule has 90 valence electrons. The predicted octanol–water partition coefficient (Wildman–Crippen LogP) is 1.71. The standard InChI is InChI=1S/C12H15N3O2/c1-2-15(7-3-6-13)11-8-9(12(16)17)4-5-10(11)14/h4-5,8H,2-3,7,14H2,1H3,(H,16,17). The molecule has 17 heavy (non-hydrogen) atoms. The molecule has 0 bridgehead atoms. The summed E-state index contributed by atoms with van der Waals surface area (Å²) in [6.07, 6.45) is 0.380. The van der Waals surface area contributed by atoms with Crippen LogP contribution in [0.1, 0.15) is 23.7 Å². The van der Waals surface area contributed by atoms with Gasteiger partial charge in [0.05, 0.1) is 29.4 Å².